The molecule has 2 heterocycles. The molecule has 0 unspecified atom stereocenters. The van der Waals surface area contributed by atoms with Crippen LogP contribution in [0.1, 0.15) is 28.2 Å². The van der Waals surface area contributed by atoms with Crippen molar-refractivity contribution in [1.29, 1.82) is 0 Å². The SMILES string of the molecule is O=C(NCCCc1nc2ccccc2[nH]1)c1ccccc1CSC1=NCCS1. The van der Waals surface area contributed by atoms with Crippen LogP contribution < -0.4 is 5.32 Å². The Balaban J connectivity index is 1.28. The highest BCUT2D eigenvalue weighted by Gasteiger charge is 2.13. The summed E-state index contributed by atoms with van der Waals surface area (Å²) in [7, 11) is 0. The summed E-state index contributed by atoms with van der Waals surface area (Å²) in [5, 5.41) is 3.05. The molecule has 1 amide bonds. The Morgan fingerprint density at radius 3 is 2.89 bits per heavy atom. The van der Waals surface area contributed by atoms with E-state index in [1.807, 2.05) is 48.5 Å². The third-order valence-corrected chi connectivity index (χ3v) is 6.79. The number of hydrogen-bond acceptors (Lipinski definition) is 5. The van der Waals surface area contributed by atoms with Gasteiger partial charge in [-0.2, -0.15) is 0 Å². The average Bonchev–Trinajstić information content (AvgIpc) is 3.39. The van der Waals surface area contributed by atoms with Crippen LogP contribution in [0.3, 0.4) is 0 Å². The van der Waals surface area contributed by atoms with Crippen molar-refractivity contribution in [2.75, 3.05) is 18.8 Å². The highest BCUT2D eigenvalue weighted by molar-refractivity contribution is 8.38. The molecule has 1 aliphatic heterocycles. The van der Waals surface area contributed by atoms with Gasteiger partial charge in [0.05, 0.1) is 17.6 Å². The predicted octanol–water partition coefficient (Wildman–Crippen LogP) is 4.26. The quantitative estimate of drug-likeness (QED) is 0.571. The fourth-order valence-electron chi connectivity index (χ4n) is 3.09. The summed E-state index contributed by atoms with van der Waals surface area (Å²) in [4.78, 5) is 25.0. The maximum Gasteiger partial charge on any atom is 0.251 e. The van der Waals surface area contributed by atoms with Crippen LogP contribution in [-0.4, -0.2) is 39.1 Å². The first-order valence-corrected chi connectivity index (χ1v) is 11.4. The van der Waals surface area contributed by atoms with E-state index in [1.54, 1.807) is 23.5 Å². The number of para-hydroxylation sites is 2. The number of nitrogens with zero attached hydrogens (tertiary/aromatic N) is 2. The number of carbonyl (C=O) groups is 1. The lowest BCUT2D eigenvalue weighted by Crippen LogP contribution is -2.25. The molecule has 0 radical (unpaired) electrons. The highest BCUT2D eigenvalue weighted by atomic mass is 32.2. The molecule has 1 aromatic heterocycles. The molecule has 0 fully saturated rings. The maximum absolute atomic E-state index is 12.6. The smallest absolute Gasteiger partial charge is 0.251 e. The van der Waals surface area contributed by atoms with Crippen molar-refractivity contribution < 1.29 is 4.79 Å². The molecule has 0 bridgehead atoms. The van der Waals surface area contributed by atoms with Crippen LogP contribution >= 0.6 is 23.5 Å². The third-order valence-electron chi connectivity index (χ3n) is 4.49. The zero-order valence-electron chi connectivity index (χ0n) is 15.5. The summed E-state index contributed by atoms with van der Waals surface area (Å²) >= 11 is 3.51. The van der Waals surface area contributed by atoms with Crippen LogP contribution in [0.15, 0.2) is 53.5 Å². The Bertz CT molecular complexity index is 966. The number of imidazole rings is 1. The molecule has 2 N–H and O–H groups in total. The molecular formula is C21H22N4OS2. The summed E-state index contributed by atoms with van der Waals surface area (Å²) in [6.07, 6.45) is 1.65. The van der Waals surface area contributed by atoms with E-state index in [9.17, 15) is 4.79 Å². The lowest BCUT2D eigenvalue weighted by Gasteiger charge is -2.10. The maximum atomic E-state index is 12.6. The number of carbonyl (C=O) groups excluding carboxylic acids is 1. The zero-order chi connectivity index (χ0) is 19.2. The molecule has 1 aliphatic rings. The molecule has 0 saturated heterocycles. The molecule has 7 heteroatoms. The fourth-order valence-corrected chi connectivity index (χ4v) is 5.10. The number of hydrogen-bond donors (Lipinski definition) is 2. The van der Waals surface area contributed by atoms with Gasteiger partial charge in [0.1, 0.15) is 10.2 Å². The topological polar surface area (TPSA) is 70.1 Å². The van der Waals surface area contributed by atoms with Crippen LogP contribution in [-0.2, 0) is 12.2 Å². The van der Waals surface area contributed by atoms with Crippen LogP contribution in [0.4, 0.5) is 0 Å². The molecule has 144 valence electrons. The number of nitrogens with one attached hydrogen (secondary N) is 2. The average molecular weight is 411 g/mol. The molecule has 3 aromatic rings. The minimum Gasteiger partial charge on any atom is -0.352 e. The van der Waals surface area contributed by atoms with Crippen molar-refractivity contribution in [1.82, 2.24) is 15.3 Å². The van der Waals surface area contributed by atoms with Gasteiger partial charge >= 0.3 is 0 Å². The van der Waals surface area contributed by atoms with Gasteiger partial charge in [0.2, 0.25) is 0 Å². The van der Waals surface area contributed by atoms with Crippen molar-refractivity contribution in [2.24, 2.45) is 4.99 Å². The molecule has 0 atom stereocenters. The van der Waals surface area contributed by atoms with E-state index < -0.39 is 0 Å². The van der Waals surface area contributed by atoms with E-state index in [0.29, 0.717) is 6.54 Å². The largest absolute Gasteiger partial charge is 0.352 e. The molecular weight excluding hydrogens is 388 g/mol. The van der Waals surface area contributed by atoms with E-state index in [0.717, 1.165) is 63.3 Å². The second-order valence-electron chi connectivity index (χ2n) is 6.50. The Labute approximate surface area is 172 Å². The number of rotatable bonds is 7. The number of benzene rings is 2. The summed E-state index contributed by atoms with van der Waals surface area (Å²) in [6.45, 7) is 1.53. The second kappa shape index (κ2) is 9.30. The minimum atomic E-state index is -0.0122. The molecule has 5 nitrogen and oxygen atoms in total. The minimum absolute atomic E-state index is 0.0122. The number of amides is 1. The lowest BCUT2D eigenvalue weighted by atomic mass is 10.1. The van der Waals surface area contributed by atoms with Gasteiger partial charge in [0, 0.05) is 30.0 Å². The Hall–Kier alpha value is -2.25. The molecule has 4 rings (SSSR count). The predicted molar refractivity (Wildman–Crippen MR) is 119 cm³/mol. The number of aromatic amines is 1. The van der Waals surface area contributed by atoms with Crippen molar-refractivity contribution in [3.05, 3.63) is 65.5 Å². The van der Waals surface area contributed by atoms with Gasteiger partial charge in [0.25, 0.3) is 5.91 Å². The van der Waals surface area contributed by atoms with Crippen molar-refractivity contribution in [3.8, 4) is 0 Å². The normalized spacial score (nSPS) is 13.6. The van der Waals surface area contributed by atoms with Gasteiger partial charge in [-0.3, -0.25) is 9.79 Å². The summed E-state index contributed by atoms with van der Waals surface area (Å²) in [5.74, 6) is 2.79. The second-order valence-corrected chi connectivity index (χ2v) is 8.81. The van der Waals surface area contributed by atoms with Gasteiger partial charge in [-0.25, -0.2) is 4.98 Å². The van der Waals surface area contributed by atoms with Gasteiger partial charge in [-0.05, 0) is 30.2 Å². The lowest BCUT2D eigenvalue weighted by molar-refractivity contribution is 0.0952. The number of aromatic nitrogens is 2. The Kier molecular flexibility index (Phi) is 6.34. The highest BCUT2D eigenvalue weighted by Crippen LogP contribution is 2.26. The zero-order valence-corrected chi connectivity index (χ0v) is 17.1. The molecule has 0 aliphatic carbocycles. The van der Waals surface area contributed by atoms with Gasteiger partial charge in [0.15, 0.2) is 0 Å². The van der Waals surface area contributed by atoms with E-state index in [1.165, 1.54) is 0 Å². The van der Waals surface area contributed by atoms with Gasteiger partial charge in [-0.1, -0.05) is 53.9 Å². The van der Waals surface area contributed by atoms with Gasteiger partial charge < -0.3 is 10.3 Å². The number of H-pyrrole nitrogens is 1. The number of fused-ring (bicyclic) bond motifs is 1. The first-order valence-electron chi connectivity index (χ1n) is 9.39. The molecule has 28 heavy (non-hydrogen) atoms. The van der Waals surface area contributed by atoms with E-state index in [2.05, 4.69) is 20.3 Å². The first-order chi connectivity index (χ1) is 13.8. The first kappa shape index (κ1) is 19.1. The van der Waals surface area contributed by atoms with Crippen LogP contribution in [0.2, 0.25) is 0 Å². The van der Waals surface area contributed by atoms with Crippen LogP contribution in [0, 0.1) is 0 Å². The molecule has 2 aromatic carbocycles. The monoisotopic (exact) mass is 410 g/mol. The van der Waals surface area contributed by atoms with Crippen molar-refractivity contribution >= 4 is 44.8 Å². The van der Waals surface area contributed by atoms with Crippen molar-refractivity contribution in [3.63, 3.8) is 0 Å². The van der Waals surface area contributed by atoms with E-state index in [-0.39, 0.29) is 5.91 Å². The van der Waals surface area contributed by atoms with E-state index >= 15 is 0 Å². The van der Waals surface area contributed by atoms with Crippen LogP contribution in [0.5, 0.6) is 0 Å². The number of thioether (sulfide) groups is 2. The molecule has 0 spiro atoms. The van der Waals surface area contributed by atoms with Crippen LogP contribution in [0.25, 0.3) is 11.0 Å². The Morgan fingerprint density at radius 1 is 1.18 bits per heavy atom. The third kappa shape index (κ3) is 4.77. The standard InChI is InChI=1S/C21H22N4OS2/c26-20(16-7-2-1-6-15(16)14-28-21-23-12-13-27-21)22-11-5-10-19-24-17-8-3-4-9-18(17)25-19/h1-4,6-9H,5,10-14H2,(H,22,26)(H,24,25). The van der Waals surface area contributed by atoms with E-state index in [4.69, 9.17) is 0 Å². The fraction of sp³-hybridized carbons (Fsp3) is 0.286. The molecule has 0 saturated carbocycles. The van der Waals surface area contributed by atoms with Crippen molar-refractivity contribution in [2.45, 2.75) is 18.6 Å². The Morgan fingerprint density at radius 2 is 2.04 bits per heavy atom. The summed E-state index contributed by atoms with van der Waals surface area (Å²) in [5.41, 5.74) is 3.84. The number of aryl methyl sites for hydroxylation is 1. The summed E-state index contributed by atoms with van der Waals surface area (Å²) < 4.78 is 1.13. The van der Waals surface area contributed by atoms with Gasteiger partial charge in [-0.15, -0.1) is 0 Å². The number of aliphatic imine (C=N–C) groups is 1. The summed E-state index contributed by atoms with van der Waals surface area (Å²) in [6, 6.07) is 15.8.